The molecule has 1 atom stereocenters. The van der Waals surface area contributed by atoms with Crippen LogP contribution in [0.2, 0.25) is 0 Å². The Bertz CT molecular complexity index is 388. The van der Waals surface area contributed by atoms with Crippen molar-refractivity contribution in [2.75, 3.05) is 20.7 Å². The standard InChI is InChI=1S/C15H26N2O/c1-10(2)17-9-14(16-5)13-7-8-15(18-6)12(4)11(13)3/h7-8,10,14,16-17H,9H2,1-6H3. The van der Waals surface area contributed by atoms with E-state index in [1.807, 2.05) is 7.05 Å². The maximum Gasteiger partial charge on any atom is 0.122 e. The second kappa shape index (κ2) is 6.76. The quantitative estimate of drug-likeness (QED) is 0.814. The smallest absolute Gasteiger partial charge is 0.122 e. The summed E-state index contributed by atoms with van der Waals surface area (Å²) in [6.07, 6.45) is 0. The summed E-state index contributed by atoms with van der Waals surface area (Å²) < 4.78 is 5.36. The topological polar surface area (TPSA) is 33.3 Å². The van der Waals surface area contributed by atoms with Gasteiger partial charge in [-0.25, -0.2) is 0 Å². The molecule has 0 aliphatic carbocycles. The van der Waals surface area contributed by atoms with E-state index < -0.39 is 0 Å². The highest BCUT2D eigenvalue weighted by Gasteiger charge is 2.15. The van der Waals surface area contributed by atoms with Crippen molar-refractivity contribution < 1.29 is 4.74 Å². The highest BCUT2D eigenvalue weighted by Crippen LogP contribution is 2.27. The van der Waals surface area contributed by atoms with E-state index in [0.717, 1.165) is 12.3 Å². The molecule has 0 aliphatic rings. The van der Waals surface area contributed by atoms with Gasteiger partial charge >= 0.3 is 0 Å². The van der Waals surface area contributed by atoms with Gasteiger partial charge in [-0.3, -0.25) is 0 Å². The third-order valence-electron chi connectivity index (χ3n) is 3.45. The first-order chi connectivity index (χ1) is 8.51. The number of nitrogens with one attached hydrogen (secondary N) is 2. The SMILES string of the molecule is CNC(CNC(C)C)c1ccc(OC)c(C)c1C. The van der Waals surface area contributed by atoms with Gasteiger partial charge in [0.1, 0.15) is 5.75 Å². The van der Waals surface area contributed by atoms with Crippen LogP contribution in [0.25, 0.3) is 0 Å². The van der Waals surface area contributed by atoms with Crippen LogP contribution in [0.15, 0.2) is 12.1 Å². The summed E-state index contributed by atoms with van der Waals surface area (Å²) in [6.45, 7) is 9.53. The van der Waals surface area contributed by atoms with Crippen LogP contribution in [0.3, 0.4) is 0 Å². The number of hydrogen-bond acceptors (Lipinski definition) is 3. The predicted molar refractivity (Wildman–Crippen MR) is 77.4 cm³/mol. The molecule has 3 nitrogen and oxygen atoms in total. The van der Waals surface area contributed by atoms with E-state index >= 15 is 0 Å². The summed E-state index contributed by atoms with van der Waals surface area (Å²) in [7, 11) is 3.73. The van der Waals surface area contributed by atoms with Crippen molar-refractivity contribution in [1.29, 1.82) is 0 Å². The van der Waals surface area contributed by atoms with Gasteiger partial charge in [0.25, 0.3) is 0 Å². The molecule has 0 aliphatic heterocycles. The number of benzene rings is 1. The monoisotopic (exact) mass is 250 g/mol. The van der Waals surface area contributed by atoms with E-state index in [-0.39, 0.29) is 0 Å². The number of hydrogen-bond donors (Lipinski definition) is 2. The first-order valence-corrected chi connectivity index (χ1v) is 6.56. The summed E-state index contributed by atoms with van der Waals surface area (Å²) in [4.78, 5) is 0. The molecule has 18 heavy (non-hydrogen) atoms. The lowest BCUT2D eigenvalue weighted by atomic mass is 9.96. The van der Waals surface area contributed by atoms with Gasteiger partial charge in [0.2, 0.25) is 0 Å². The van der Waals surface area contributed by atoms with Crippen LogP contribution in [0.4, 0.5) is 0 Å². The molecule has 1 unspecified atom stereocenters. The molecule has 0 heterocycles. The minimum Gasteiger partial charge on any atom is -0.496 e. The zero-order chi connectivity index (χ0) is 13.7. The van der Waals surface area contributed by atoms with Gasteiger partial charge in [0.05, 0.1) is 7.11 Å². The molecule has 1 aromatic carbocycles. The highest BCUT2D eigenvalue weighted by atomic mass is 16.5. The molecule has 1 rings (SSSR count). The fourth-order valence-corrected chi connectivity index (χ4v) is 2.14. The summed E-state index contributed by atoms with van der Waals surface area (Å²) in [6, 6.07) is 5.04. The van der Waals surface area contributed by atoms with Gasteiger partial charge < -0.3 is 15.4 Å². The van der Waals surface area contributed by atoms with Crippen molar-refractivity contribution >= 4 is 0 Å². The van der Waals surface area contributed by atoms with Crippen LogP contribution < -0.4 is 15.4 Å². The Morgan fingerprint density at radius 3 is 2.33 bits per heavy atom. The van der Waals surface area contributed by atoms with Crippen LogP contribution in [-0.2, 0) is 0 Å². The molecular formula is C15H26N2O. The molecule has 2 N–H and O–H groups in total. The molecule has 102 valence electrons. The van der Waals surface area contributed by atoms with Gasteiger partial charge in [0, 0.05) is 18.6 Å². The Kier molecular flexibility index (Phi) is 5.63. The number of ether oxygens (including phenoxy) is 1. The second-order valence-electron chi connectivity index (χ2n) is 5.01. The molecule has 0 radical (unpaired) electrons. The second-order valence-corrected chi connectivity index (χ2v) is 5.01. The molecular weight excluding hydrogens is 224 g/mol. The van der Waals surface area contributed by atoms with Crippen LogP contribution in [0.5, 0.6) is 5.75 Å². The fraction of sp³-hybridized carbons (Fsp3) is 0.600. The van der Waals surface area contributed by atoms with Crippen molar-refractivity contribution in [3.05, 3.63) is 28.8 Å². The third kappa shape index (κ3) is 3.47. The van der Waals surface area contributed by atoms with Crippen LogP contribution in [-0.4, -0.2) is 26.7 Å². The van der Waals surface area contributed by atoms with Crippen molar-refractivity contribution in [3.8, 4) is 5.75 Å². The summed E-state index contributed by atoms with van der Waals surface area (Å²) in [5.74, 6) is 0.961. The minimum absolute atomic E-state index is 0.331. The average molecular weight is 250 g/mol. The Hall–Kier alpha value is -1.06. The van der Waals surface area contributed by atoms with Crippen LogP contribution in [0, 0.1) is 13.8 Å². The van der Waals surface area contributed by atoms with E-state index in [9.17, 15) is 0 Å². The van der Waals surface area contributed by atoms with Crippen molar-refractivity contribution in [2.45, 2.75) is 39.8 Å². The van der Waals surface area contributed by atoms with E-state index in [0.29, 0.717) is 12.1 Å². The van der Waals surface area contributed by atoms with Crippen LogP contribution in [0.1, 0.15) is 36.6 Å². The first-order valence-electron chi connectivity index (χ1n) is 6.56. The van der Waals surface area contributed by atoms with Gasteiger partial charge in [0.15, 0.2) is 0 Å². The van der Waals surface area contributed by atoms with Gasteiger partial charge in [-0.15, -0.1) is 0 Å². The van der Waals surface area contributed by atoms with Crippen molar-refractivity contribution in [2.24, 2.45) is 0 Å². The van der Waals surface area contributed by atoms with Crippen molar-refractivity contribution in [3.63, 3.8) is 0 Å². The molecule has 3 heteroatoms. The lowest BCUT2D eigenvalue weighted by molar-refractivity contribution is 0.410. The summed E-state index contributed by atoms with van der Waals surface area (Å²) in [5, 5.41) is 6.85. The number of methoxy groups -OCH3 is 1. The number of likely N-dealkylation sites (N-methyl/N-ethyl adjacent to an activating group) is 1. The lowest BCUT2D eigenvalue weighted by Gasteiger charge is -2.22. The van der Waals surface area contributed by atoms with Gasteiger partial charge in [-0.2, -0.15) is 0 Å². The van der Waals surface area contributed by atoms with Gasteiger partial charge in [-0.1, -0.05) is 19.9 Å². The molecule has 0 spiro atoms. The lowest BCUT2D eigenvalue weighted by Crippen LogP contribution is -2.33. The summed E-state index contributed by atoms with van der Waals surface area (Å²) >= 11 is 0. The van der Waals surface area contributed by atoms with Crippen LogP contribution >= 0.6 is 0 Å². The fourth-order valence-electron chi connectivity index (χ4n) is 2.14. The predicted octanol–water partition coefficient (Wildman–Crippen LogP) is 2.57. The molecule has 0 amide bonds. The normalized spacial score (nSPS) is 12.8. The minimum atomic E-state index is 0.331. The Labute approximate surface area is 111 Å². The Balaban J connectivity index is 2.96. The molecule has 0 fully saturated rings. The van der Waals surface area contributed by atoms with E-state index in [2.05, 4.69) is 50.5 Å². The maximum absolute atomic E-state index is 5.36. The third-order valence-corrected chi connectivity index (χ3v) is 3.45. The maximum atomic E-state index is 5.36. The number of rotatable bonds is 6. The first kappa shape index (κ1) is 15.0. The van der Waals surface area contributed by atoms with Crippen molar-refractivity contribution in [1.82, 2.24) is 10.6 Å². The van der Waals surface area contributed by atoms with E-state index in [4.69, 9.17) is 4.74 Å². The molecule has 0 bridgehead atoms. The molecule has 0 aromatic heterocycles. The summed E-state index contributed by atoms with van der Waals surface area (Å²) in [5.41, 5.74) is 3.86. The van der Waals surface area contributed by atoms with E-state index in [1.165, 1.54) is 16.7 Å². The van der Waals surface area contributed by atoms with Gasteiger partial charge in [-0.05, 0) is 43.7 Å². The largest absolute Gasteiger partial charge is 0.496 e. The molecule has 1 aromatic rings. The Morgan fingerprint density at radius 2 is 1.83 bits per heavy atom. The zero-order valence-corrected chi connectivity index (χ0v) is 12.4. The molecule has 0 saturated carbocycles. The highest BCUT2D eigenvalue weighted by molar-refractivity contribution is 5.44. The Morgan fingerprint density at radius 1 is 1.17 bits per heavy atom. The van der Waals surface area contributed by atoms with E-state index in [1.54, 1.807) is 7.11 Å². The average Bonchev–Trinajstić information content (AvgIpc) is 2.34. The molecule has 0 saturated heterocycles. The zero-order valence-electron chi connectivity index (χ0n) is 12.4.